The Bertz CT molecular complexity index is 735. The van der Waals surface area contributed by atoms with Crippen LogP contribution in [0.25, 0.3) is 0 Å². The van der Waals surface area contributed by atoms with E-state index in [1.165, 1.54) is 24.3 Å². The molecular formula is C21H26FN3O2. The number of likely N-dealkylation sites (N-methyl/N-ethyl adjacent to an activating group) is 1. The maximum absolute atomic E-state index is 12.9. The molecule has 0 aromatic heterocycles. The summed E-state index contributed by atoms with van der Waals surface area (Å²) in [5, 5.41) is 5.72. The van der Waals surface area contributed by atoms with Crippen molar-refractivity contribution in [3.8, 4) is 0 Å². The van der Waals surface area contributed by atoms with E-state index in [0.717, 1.165) is 18.4 Å². The van der Waals surface area contributed by atoms with Crippen LogP contribution in [0.15, 0.2) is 54.6 Å². The van der Waals surface area contributed by atoms with Gasteiger partial charge in [0.25, 0.3) is 0 Å². The molecule has 2 aromatic rings. The fraction of sp³-hybridized carbons (Fsp3) is 0.333. The number of hydrogen-bond donors (Lipinski definition) is 2. The van der Waals surface area contributed by atoms with Gasteiger partial charge < -0.3 is 10.6 Å². The van der Waals surface area contributed by atoms with Gasteiger partial charge in [-0.25, -0.2) is 4.39 Å². The fourth-order valence-corrected chi connectivity index (χ4v) is 2.82. The van der Waals surface area contributed by atoms with E-state index in [1.54, 1.807) is 11.9 Å². The summed E-state index contributed by atoms with van der Waals surface area (Å²) in [6.07, 6.45) is 1.81. The molecule has 0 bridgehead atoms. The first-order valence-corrected chi connectivity index (χ1v) is 9.06. The van der Waals surface area contributed by atoms with Gasteiger partial charge >= 0.3 is 0 Å². The number of amides is 2. The van der Waals surface area contributed by atoms with Gasteiger partial charge in [-0.05, 0) is 43.3 Å². The van der Waals surface area contributed by atoms with Gasteiger partial charge in [-0.2, -0.15) is 0 Å². The van der Waals surface area contributed by atoms with Gasteiger partial charge in [-0.3, -0.25) is 14.5 Å². The molecule has 0 spiro atoms. The van der Waals surface area contributed by atoms with E-state index in [-0.39, 0.29) is 36.8 Å². The Morgan fingerprint density at radius 1 is 1.00 bits per heavy atom. The number of anilines is 1. The number of hydrogen-bond acceptors (Lipinski definition) is 3. The molecule has 0 heterocycles. The molecule has 0 saturated heterocycles. The molecule has 0 saturated carbocycles. The lowest BCUT2D eigenvalue weighted by atomic mass is 10.0. The highest BCUT2D eigenvalue weighted by atomic mass is 19.1. The zero-order valence-electron chi connectivity index (χ0n) is 15.7. The van der Waals surface area contributed by atoms with E-state index in [9.17, 15) is 14.0 Å². The summed E-state index contributed by atoms with van der Waals surface area (Å²) >= 11 is 0. The summed E-state index contributed by atoms with van der Waals surface area (Å²) in [6.45, 7) is 2.26. The third-order valence-electron chi connectivity index (χ3n) is 4.07. The van der Waals surface area contributed by atoms with Crippen molar-refractivity contribution in [3.63, 3.8) is 0 Å². The van der Waals surface area contributed by atoms with Crippen molar-refractivity contribution < 1.29 is 14.0 Å². The summed E-state index contributed by atoms with van der Waals surface area (Å²) in [5.74, 6) is -0.749. The van der Waals surface area contributed by atoms with Crippen LogP contribution in [0.2, 0.25) is 0 Å². The first kappa shape index (κ1) is 20.6. The second-order valence-electron chi connectivity index (χ2n) is 6.55. The number of halogens is 1. The van der Waals surface area contributed by atoms with Crippen molar-refractivity contribution in [2.75, 3.05) is 25.5 Å². The Labute approximate surface area is 159 Å². The number of rotatable bonds is 9. The molecule has 5 nitrogen and oxygen atoms in total. The van der Waals surface area contributed by atoms with E-state index >= 15 is 0 Å². The molecule has 0 aliphatic heterocycles. The molecule has 0 fully saturated rings. The molecule has 2 N–H and O–H groups in total. The Hall–Kier alpha value is -2.73. The maximum atomic E-state index is 12.9. The van der Waals surface area contributed by atoms with Gasteiger partial charge in [0.05, 0.1) is 19.1 Å². The second kappa shape index (κ2) is 10.4. The highest BCUT2D eigenvalue weighted by Crippen LogP contribution is 2.17. The van der Waals surface area contributed by atoms with Crippen LogP contribution in [0.3, 0.4) is 0 Å². The maximum Gasteiger partial charge on any atom is 0.238 e. The molecule has 144 valence electrons. The molecule has 27 heavy (non-hydrogen) atoms. The van der Waals surface area contributed by atoms with E-state index < -0.39 is 0 Å². The van der Waals surface area contributed by atoms with Crippen molar-refractivity contribution in [3.05, 3.63) is 66.0 Å². The summed E-state index contributed by atoms with van der Waals surface area (Å²) in [4.78, 5) is 26.1. The number of carbonyl (C=O) groups is 2. The van der Waals surface area contributed by atoms with E-state index in [0.29, 0.717) is 5.69 Å². The van der Waals surface area contributed by atoms with Crippen molar-refractivity contribution in [1.82, 2.24) is 10.2 Å². The number of carbonyl (C=O) groups excluding carboxylic acids is 2. The van der Waals surface area contributed by atoms with Crippen LogP contribution in [-0.2, 0) is 9.59 Å². The predicted molar refractivity (Wildman–Crippen MR) is 105 cm³/mol. The van der Waals surface area contributed by atoms with Crippen LogP contribution in [0.1, 0.15) is 31.4 Å². The molecule has 2 amide bonds. The summed E-state index contributed by atoms with van der Waals surface area (Å²) in [6, 6.07) is 15.4. The van der Waals surface area contributed by atoms with Crippen LogP contribution in [-0.4, -0.2) is 36.9 Å². The van der Waals surface area contributed by atoms with Crippen molar-refractivity contribution >= 4 is 17.5 Å². The lowest BCUT2D eigenvalue weighted by molar-refractivity contribution is -0.123. The number of nitrogens with zero attached hydrogens (tertiary/aromatic N) is 1. The summed E-state index contributed by atoms with van der Waals surface area (Å²) in [7, 11) is 1.71. The average Bonchev–Trinajstić information content (AvgIpc) is 2.63. The summed E-state index contributed by atoms with van der Waals surface area (Å²) in [5.41, 5.74) is 1.59. The molecule has 1 atom stereocenters. The van der Waals surface area contributed by atoms with Gasteiger partial charge in [0, 0.05) is 5.69 Å². The Morgan fingerprint density at radius 3 is 2.26 bits per heavy atom. The number of benzene rings is 2. The number of nitrogens with one attached hydrogen (secondary N) is 2. The van der Waals surface area contributed by atoms with Gasteiger partial charge in [-0.1, -0.05) is 43.7 Å². The minimum absolute atomic E-state index is 0.0369. The highest BCUT2D eigenvalue weighted by molar-refractivity contribution is 5.92. The molecule has 6 heteroatoms. The van der Waals surface area contributed by atoms with Gasteiger partial charge in [-0.15, -0.1) is 0 Å². The first-order valence-electron chi connectivity index (χ1n) is 9.06. The van der Waals surface area contributed by atoms with E-state index in [4.69, 9.17) is 0 Å². The Kier molecular flexibility index (Phi) is 7.95. The third kappa shape index (κ3) is 7.19. The molecule has 0 aliphatic carbocycles. The smallest absolute Gasteiger partial charge is 0.238 e. The monoisotopic (exact) mass is 371 g/mol. The molecule has 0 unspecified atom stereocenters. The molecular weight excluding hydrogens is 345 g/mol. The lowest BCUT2D eigenvalue weighted by Crippen LogP contribution is -2.40. The van der Waals surface area contributed by atoms with Crippen LogP contribution in [0.5, 0.6) is 0 Å². The average molecular weight is 371 g/mol. The predicted octanol–water partition coefficient (Wildman–Crippen LogP) is 3.35. The molecule has 0 aliphatic rings. The quantitative estimate of drug-likeness (QED) is 0.711. The van der Waals surface area contributed by atoms with Gasteiger partial charge in [0.15, 0.2) is 0 Å². The van der Waals surface area contributed by atoms with Crippen LogP contribution < -0.4 is 10.6 Å². The van der Waals surface area contributed by atoms with Crippen molar-refractivity contribution in [2.45, 2.75) is 25.8 Å². The molecule has 2 aromatic carbocycles. The molecule has 2 rings (SSSR count). The Balaban J connectivity index is 1.82. The largest absolute Gasteiger partial charge is 0.348 e. The summed E-state index contributed by atoms with van der Waals surface area (Å²) < 4.78 is 12.9. The van der Waals surface area contributed by atoms with Crippen LogP contribution in [0, 0.1) is 5.82 Å². The van der Waals surface area contributed by atoms with E-state index in [1.807, 2.05) is 30.3 Å². The first-order chi connectivity index (χ1) is 13.0. The zero-order chi connectivity index (χ0) is 19.6. The van der Waals surface area contributed by atoms with Crippen LogP contribution >= 0.6 is 0 Å². The normalized spacial score (nSPS) is 11.9. The zero-order valence-corrected chi connectivity index (χ0v) is 15.7. The van der Waals surface area contributed by atoms with Crippen molar-refractivity contribution in [1.29, 1.82) is 0 Å². The fourth-order valence-electron chi connectivity index (χ4n) is 2.82. The minimum Gasteiger partial charge on any atom is -0.348 e. The van der Waals surface area contributed by atoms with Crippen molar-refractivity contribution in [2.24, 2.45) is 0 Å². The third-order valence-corrected chi connectivity index (χ3v) is 4.07. The van der Waals surface area contributed by atoms with Gasteiger partial charge in [0.2, 0.25) is 11.8 Å². The second-order valence-corrected chi connectivity index (χ2v) is 6.55. The van der Waals surface area contributed by atoms with Gasteiger partial charge in [0.1, 0.15) is 5.82 Å². The highest BCUT2D eigenvalue weighted by Gasteiger charge is 2.16. The minimum atomic E-state index is -0.359. The lowest BCUT2D eigenvalue weighted by Gasteiger charge is -2.21. The SMILES string of the molecule is CCC[C@@H](NC(=O)CN(C)CC(=O)Nc1ccc(F)cc1)c1ccccc1. The standard InChI is InChI=1S/C21H26FN3O2/c1-3-7-19(16-8-5-4-6-9-16)24-21(27)15-25(2)14-20(26)23-18-12-10-17(22)11-13-18/h4-6,8-13,19H,3,7,14-15H2,1-2H3,(H,23,26)(H,24,27)/t19-/m1/s1. The van der Waals surface area contributed by atoms with Crippen LogP contribution in [0.4, 0.5) is 10.1 Å². The Morgan fingerprint density at radius 2 is 1.63 bits per heavy atom. The molecule has 0 radical (unpaired) electrons. The van der Waals surface area contributed by atoms with E-state index in [2.05, 4.69) is 17.6 Å². The topological polar surface area (TPSA) is 61.4 Å².